The van der Waals surface area contributed by atoms with Gasteiger partial charge in [0.15, 0.2) is 6.61 Å². The molecule has 2 aromatic carbocycles. The van der Waals surface area contributed by atoms with Gasteiger partial charge in [0.2, 0.25) is 0 Å². The van der Waals surface area contributed by atoms with Crippen LogP contribution in [-0.4, -0.2) is 17.5 Å². The number of carbonyl (C=O) groups is 1. The maximum atomic E-state index is 12.2. The van der Waals surface area contributed by atoms with E-state index in [2.05, 4.69) is 10.3 Å². The molecule has 0 atom stereocenters. The number of pyridine rings is 1. The van der Waals surface area contributed by atoms with Gasteiger partial charge in [0.05, 0.1) is 5.52 Å². The molecule has 3 aromatic rings. The number of halogens is 1. The van der Waals surface area contributed by atoms with Gasteiger partial charge in [0.25, 0.3) is 11.5 Å². The van der Waals surface area contributed by atoms with Crippen molar-refractivity contribution in [2.75, 3.05) is 6.61 Å². The van der Waals surface area contributed by atoms with E-state index in [1.807, 2.05) is 32.0 Å². The van der Waals surface area contributed by atoms with E-state index in [4.69, 9.17) is 16.3 Å². The van der Waals surface area contributed by atoms with Crippen LogP contribution in [0.2, 0.25) is 5.02 Å². The predicted octanol–water partition coefficient (Wildman–Crippen LogP) is 3.49. The summed E-state index contributed by atoms with van der Waals surface area (Å²) in [6.45, 7) is 3.97. The molecule has 5 nitrogen and oxygen atoms in total. The Morgan fingerprint density at radius 1 is 1.15 bits per heavy atom. The van der Waals surface area contributed by atoms with Crippen LogP contribution in [0.15, 0.2) is 47.3 Å². The fourth-order valence-electron chi connectivity index (χ4n) is 2.79. The Bertz CT molecular complexity index is 1010. The molecule has 0 unspecified atom stereocenters. The van der Waals surface area contributed by atoms with Gasteiger partial charge in [0.1, 0.15) is 5.75 Å². The van der Waals surface area contributed by atoms with Gasteiger partial charge in [-0.3, -0.25) is 9.59 Å². The molecule has 0 bridgehead atoms. The smallest absolute Gasteiger partial charge is 0.258 e. The van der Waals surface area contributed by atoms with E-state index in [0.29, 0.717) is 16.3 Å². The van der Waals surface area contributed by atoms with E-state index >= 15 is 0 Å². The zero-order valence-electron chi connectivity index (χ0n) is 14.6. The molecule has 2 N–H and O–H groups in total. The van der Waals surface area contributed by atoms with E-state index in [-0.39, 0.29) is 24.6 Å². The van der Waals surface area contributed by atoms with Crippen LogP contribution in [0, 0.1) is 13.8 Å². The number of fused-ring (bicyclic) bond motifs is 1. The van der Waals surface area contributed by atoms with Gasteiger partial charge in [-0.15, -0.1) is 0 Å². The summed E-state index contributed by atoms with van der Waals surface area (Å²) in [6, 6.07) is 12.6. The van der Waals surface area contributed by atoms with Crippen molar-refractivity contribution in [3.8, 4) is 5.75 Å². The number of rotatable bonds is 5. The van der Waals surface area contributed by atoms with Gasteiger partial charge in [-0.05, 0) is 61.2 Å². The lowest BCUT2D eigenvalue weighted by atomic mass is 10.1. The van der Waals surface area contributed by atoms with Gasteiger partial charge in [-0.25, -0.2) is 0 Å². The van der Waals surface area contributed by atoms with Crippen molar-refractivity contribution in [3.63, 3.8) is 0 Å². The number of aryl methyl sites for hydroxylation is 2. The quantitative estimate of drug-likeness (QED) is 0.722. The molecule has 6 heteroatoms. The Morgan fingerprint density at radius 3 is 2.62 bits per heavy atom. The van der Waals surface area contributed by atoms with Crippen molar-refractivity contribution < 1.29 is 9.53 Å². The van der Waals surface area contributed by atoms with Gasteiger partial charge in [-0.1, -0.05) is 23.2 Å². The normalized spacial score (nSPS) is 10.7. The van der Waals surface area contributed by atoms with Crippen LogP contribution in [0.5, 0.6) is 5.75 Å². The molecule has 26 heavy (non-hydrogen) atoms. The summed E-state index contributed by atoms with van der Waals surface area (Å²) in [5.41, 5.74) is 3.25. The lowest BCUT2D eigenvalue weighted by Crippen LogP contribution is -2.30. The molecule has 0 aliphatic rings. The van der Waals surface area contributed by atoms with E-state index in [0.717, 1.165) is 22.0 Å². The maximum Gasteiger partial charge on any atom is 0.258 e. The second-order valence-electron chi connectivity index (χ2n) is 6.19. The summed E-state index contributed by atoms with van der Waals surface area (Å²) in [7, 11) is 0. The molecule has 1 heterocycles. The third-order valence-electron chi connectivity index (χ3n) is 4.03. The number of ether oxygens (including phenoxy) is 1. The number of aromatic amines is 1. The van der Waals surface area contributed by atoms with E-state index in [1.165, 1.54) is 0 Å². The molecular formula is C20H19ClN2O3. The first kappa shape index (κ1) is 18.0. The van der Waals surface area contributed by atoms with Crippen molar-refractivity contribution >= 4 is 28.4 Å². The third-order valence-corrected chi connectivity index (χ3v) is 4.28. The molecule has 0 spiro atoms. The number of aromatic nitrogens is 1. The monoisotopic (exact) mass is 370 g/mol. The summed E-state index contributed by atoms with van der Waals surface area (Å²) < 4.78 is 5.39. The average molecular weight is 371 g/mol. The molecule has 0 saturated carbocycles. The number of nitrogens with one attached hydrogen (secondary N) is 2. The zero-order chi connectivity index (χ0) is 18.7. The number of benzene rings is 2. The summed E-state index contributed by atoms with van der Waals surface area (Å²) in [5.74, 6) is 0.249. The molecule has 0 saturated heterocycles. The van der Waals surface area contributed by atoms with Crippen LogP contribution in [0.4, 0.5) is 0 Å². The molecule has 1 aromatic heterocycles. The standard InChI is InChI=1S/C20H19ClN2O3/c1-12-7-13(2)19-14(8-12)9-15(20(25)23-19)10-22-18(24)11-26-17-5-3-16(21)4-6-17/h3-9H,10-11H2,1-2H3,(H,22,24)(H,23,25). The Morgan fingerprint density at radius 2 is 1.88 bits per heavy atom. The van der Waals surface area contributed by atoms with Crippen molar-refractivity contribution in [2.45, 2.75) is 20.4 Å². The molecule has 1 amide bonds. The fraction of sp³-hybridized carbons (Fsp3) is 0.200. The van der Waals surface area contributed by atoms with Gasteiger partial charge in [0, 0.05) is 17.1 Å². The molecule has 3 rings (SSSR count). The van der Waals surface area contributed by atoms with Gasteiger partial charge in [-0.2, -0.15) is 0 Å². The summed E-state index contributed by atoms with van der Waals surface area (Å²) in [5, 5.41) is 4.25. The fourth-order valence-corrected chi connectivity index (χ4v) is 2.91. The van der Waals surface area contributed by atoms with Gasteiger partial charge < -0.3 is 15.0 Å². The second kappa shape index (κ2) is 7.62. The highest BCUT2D eigenvalue weighted by molar-refractivity contribution is 6.30. The number of amides is 1. The Kier molecular flexibility index (Phi) is 5.28. The average Bonchev–Trinajstić information content (AvgIpc) is 2.60. The largest absolute Gasteiger partial charge is 0.484 e. The Balaban J connectivity index is 1.65. The minimum absolute atomic E-state index is 0.134. The molecule has 0 aliphatic heterocycles. The summed E-state index contributed by atoms with van der Waals surface area (Å²) in [6.07, 6.45) is 0. The number of hydrogen-bond donors (Lipinski definition) is 2. The highest BCUT2D eigenvalue weighted by Gasteiger charge is 2.08. The SMILES string of the molecule is Cc1cc(C)c2[nH]c(=O)c(CNC(=O)COc3ccc(Cl)cc3)cc2c1. The molecule has 134 valence electrons. The number of carbonyl (C=O) groups excluding carboxylic acids is 1. The Hall–Kier alpha value is -2.79. The van der Waals surface area contributed by atoms with Crippen LogP contribution in [0.1, 0.15) is 16.7 Å². The molecular weight excluding hydrogens is 352 g/mol. The topological polar surface area (TPSA) is 71.2 Å². The van der Waals surface area contributed by atoms with Crippen LogP contribution < -0.4 is 15.6 Å². The van der Waals surface area contributed by atoms with Crippen LogP contribution in [0.25, 0.3) is 10.9 Å². The number of hydrogen-bond acceptors (Lipinski definition) is 3. The Labute approximate surface area is 156 Å². The molecule has 0 radical (unpaired) electrons. The maximum absolute atomic E-state index is 12.2. The van der Waals surface area contributed by atoms with Gasteiger partial charge >= 0.3 is 0 Å². The molecule has 0 aliphatic carbocycles. The first-order valence-corrected chi connectivity index (χ1v) is 8.58. The zero-order valence-corrected chi connectivity index (χ0v) is 15.3. The minimum atomic E-state index is -0.306. The van der Waals surface area contributed by atoms with Crippen LogP contribution in [0.3, 0.4) is 0 Å². The van der Waals surface area contributed by atoms with Crippen LogP contribution in [-0.2, 0) is 11.3 Å². The van der Waals surface area contributed by atoms with E-state index in [9.17, 15) is 9.59 Å². The lowest BCUT2D eigenvalue weighted by Gasteiger charge is -2.09. The summed E-state index contributed by atoms with van der Waals surface area (Å²) in [4.78, 5) is 27.1. The lowest BCUT2D eigenvalue weighted by molar-refractivity contribution is -0.123. The second-order valence-corrected chi connectivity index (χ2v) is 6.63. The predicted molar refractivity (Wildman–Crippen MR) is 103 cm³/mol. The van der Waals surface area contributed by atoms with Crippen molar-refractivity contribution in [1.29, 1.82) is 0 Å². The highest BCUT2D eigenvalue weighted by atomic mass is 35.5. The van der Waals surface area contributed by atoms with E-state index in [1.54, 1.807) is 24.3 Å². The van der Waals surface area contributed by atoms with E-state index < -0.39 is 0 Å². The van der Waals surface area contributed by atoms with Crippen LogP contribution >= 0.6 is 11.6 Å². The minimum Gasteiger partial charge on any atom is -0.484 e. The first-order chi connectivity index (χ1) is 12.4. The molecule has 0 fully saturated rings. The highest BCUT2D eigenvalue weighted by Crippen LogP contribution is 2.18. The van der Waals surface area contributed by atoms with Crippen molar-refractivity contribution in [3.05, 3.63) is 74.5 Å². The van der Waals surface area contributed by atoms with Crippen molar-refractivity contribution in [2.24, 2.45) is 0 Å². The summed E-state index contributed by atoms with van der Waals surface area (Å²) >= 11 is 5.80. The first-order valence-electron chi connectivity index (χ1n) is 8.20. The number of H-pyrrole nitrogens is 1. The third kappa shape index (κ3) is 4.24. The van der Waals surface area contributed by atoms with Crippen molar-refractivity contribution in [1.82, 2.24) is 10.3 Å².